The van der Waals surface area contributed by atoms with Gasteiger partial charge in [0.2, 0.25) is 0 Å². The number of nitrogens with zero attached hydrogens (tertiary/aromatic N) is 3. The second-order valence-electron chi connectivity index (χ2n) is 6.95. The summed E-state index contributed by atoms with van der Waals surface area (Å²) in [5.74, 6) is -0.589. The number of amides is 1. The van der Waals surface area contributed by atoms with Gasteiger partial charge in [0.15, 0.2) is 0 Å². The van der Waals surface area contributed by atoms with Gasteiger partial charge in [0.1, 0.15) is 5.82 Å². The Labute approximate surface area is 156 Å². The van der Waals surface area contributed by atoms with Crippen LogP contribution in [0, 0.1) is 19.7 Å². The number of halogens is 1. The average Bonchev–Trinajstić information content (AvgIpc) is 3.03. The molecule has 5 nitrogen and oxygen atoms in total. The van der Waals surface area contributed by atoms with Gasteiger partial charge < -0.3 is 10.0 Å². The molecule has 0 saturated carbocycles. The van der Waals surface area contributed by atoms with Crippen LogP contribution in [0.2, 0.25) is 0 Å². The van der Waals surface area contributed by atoms with Crippen molar-refractivity contribution < 1.29 is 14.3 Å². The topological polar surface area (TPSA) is 66.3 Å². The summed E-state index contributed by atoms with van der Waals surface area (Å²) >= 11 is 0. The number of rotatable bonds is 2. The number of fused-ring (bicyclic) bond motifs is 1. The first-order valence-electron chi connectivity index (χ1n) is 8.93. The van der Waals surface area contributed by atoms with Crippen LogP contribution < -0.4 is 0 Å². The average molecular weight is 365 g/mol. The highest BCUT2D eigenvalue weighted by molar-refractivity contribution is 5.97. The Bertz CT molecular complexity index is 1040. The number of carbonyl (C=O) groups excluding carboxylic acids is 1. The van der Waals surface area contributed by atoms with Crippen molar-refractivity contribution in [2.75, 3.05) is 6.54 Å². The smallest absolute Gasteiger partial charge is 0.254 e. The lowest BCUT2D eigenvalue weighted by molar-refractivity contribution is 0.0637. The Morgan fingerprint density at radius 2 is 1.85 bits per heavy atom. The van der Waals surface area contributed by atoms with Crippen LogP contribution in [0.4, 0.5) is 4.39 Å². The SMILES string of the molecule is Cc1nc2ccc(C(=O)N3CC[C@@H](O)[C@H]3c3cccc(F)c3)cc2nc1C. The van der Waals surface area contributed by atoms with Crippen molar-refractivity contribution in [2.45, 2.75) is 32.4 Å². The zero-order valence-electron chi connectivity index (χ0n) is 15.2. The Morgan fingerprint density at radius 1 is 1.11 bits per heavy atom. The molecule has 2 heterocycles. The summed E-state index contributed by atoms with van der Waals surface area (Å²) in [6.45, 7) is 4.20. The van der Waals surface area contributed by atoms with Crippen LogP contribution in [-0.4, -0.2) is 38.5 Å². The standard InChI is InChI=1S/C21H20FN3O2/c1-12-13(2)24-18-11-15(6-7-17(18)23-12)21(27)25-9-8-19(26)20(25)14-4-3-5-16(22)10-14/h3-7,10-11,19-20,26H,8-9H2,1-2H3/t19-,20-/m1/s1. The van der Waals surface area contributed by atoms with Gasteiger partial charge >= 0.3 is 0 Å². The summed E-state index contributed by atoms with van der Waals surface area (Å²) < 4.78 is 13.6. The second-order valence-corrected chi connectivity index (χ2v) is 6.95. The fraction of sp³-hybridized carbons (Fsp3) is 0.286. The zero-order chi connectivity index (χ0) is 19.1. The molecule has 1 saturated heterocycles. The summed E-state index contributed by atoms with van der Waals surface area (Å²) in [7, 11) is 0. The number of aliphatic hydroxyl groups excluding tert-OH is 1. The molecule has 3 aromatic rings. The predicted molar refractivity (Wildman–Crippen MR) is 99.8 cm³/mol. The maximum atomic E-state index is 13.6. The van der Waals surface area contributed by atoms with Crippen LogP contribution >= 0.6 is 0 Å². The normalized spacial score (nSPS) is 19.6. The molecule has 2 aromatic carbocycles. The first-order valence-corrected chi connectivity index (χ1v) is 8.93. The highest BCUT2D eigenvalue weighted by Crippen LogP contribution is 2.34. The van der Waals surface area contributed by atoms with E-state index in [4.69, 9.17) is 0 Å². The van der Waals surface area contributed by atoms with Gasteiger partial charge in [0, 0.05) is 12.1 Å². The molecule has 0 spiro atoms. The minimum atomic E-state index is -0.721. The lowest BCUT2D eigenvalue weighted by Crippen LogP contribution is -2.33. The molecule has 138 valence electrons. The number of aromatic nitrogens is 2. The maximum absolute atomic E-state index is 13.6. The molecule has 2 atom stereocenters. The van der Waals surface area contributed by atoms with Gasteiger partial charge in [-0.05, 0) is 56.2 Å². The number of hydrogen-bond acceptors (Lipinski definition) is 4. The first-order chi connectivity index (χ1) is 12.9. The molecule has 0 unspecified atom stereocenters. The molecule has 1 aromatic heterocycles. The van der Waals surface area contributed by atoms with Gasteiger partial charge in [-0.3, -0.25) is 4.79 Å². The molecule has 0 bridgehead atoms. The van der Waals surface area contributed by atoms with E-state index in [9.17, 15) is 14.3 Å². The van der Waals surface area contributed by atoms with E-state index in [1.54, 1.807) is 35.2 Å². The lowest BCUT2D eigenvalue weighted by Gasteiger charge is -2.27. The molecule has 0 radical (unpaired) electrons. The Kier molecular flexibility index (Phi) is 4.36. The molecule has 4 rings (SSSR count). The van der Waals surface area contributed by atoms with Crippen LogP contribution in [0.1, 0.15) is 39.8 Å². The minimum absolute atomic E-state index is 0.206. The molecule has 1 amide bonds. The molecule has 1 aliphatic rings. The number of benzene rings is 2. The van der Waals surface area contributed by atoms with E-state index in [1.807, 2.05) is 13.8 Å². The summed E-state index contributed by atoms with van der Waals surface area (Å²) in [6, 6.07) is 10.7. The number of hydrogen-bond donors (Lipinski definition) is 1. The monoisotopic (exact) mass is 365 g/mol. The lowest BCUT2D eigenvalue weighted by atomic mass is 10.0. The second kappa shape index (κ2) is 6.70. The number of aryl methyl sites for hydroxylation is 2. The molecule has 0 aliphatic carbocycles. The van der Waals surface area contributed by atoms with Crippen molar-refractivity contribution >= 4 is 16.9 Å². The van der Waals surface area contributed by atoms with Gasteiger partial charge in [-0.25, -0.2) is 14.4 Å². The highest BCUT2D eigenvalue weighted by atomic mass is 19.1. The van der Waals surface area contributed by atoms with E-state index in [-0.39, 0.29) is 11.7 Å². The summed E-state index contributed by atoms with van der Waals surface area (Å²) in [5.41, 5.74) is 4.15. The predicted octanol–water partition coefficient (Wildman–Crippen LogP) is 3.33. The van der Waals surface area contributed by atoms with Crippen molar-refractivity contribution in [1.82, 2.24) is 14.9 Å². The van der Waals surface area contributed by atoms with Gasteiger partial charge in [0.05, 0.1) is 34.6 Å². The van der Waals surface area contributed by atoms with Crippen molar-refractivity contribution in [1.29, 1.82) is 0 Å². The van der Waals surface area contributed by atoms with Crippen LogP contribution in [0.25, 0.3) is 11.0 Å². The third-order valence-electron chi connectivity index (χ3n) is 5.14. The van der Waals surface area contributed by atoms with Crippen molar-refractivity contribution in [3.05, 3.63) is 70.8 Å². The minimum Gasteiger partial charge on any atom is -0.391 e. The van der Waals surface area contributed by atoms with E-state index >= 15 is 0 Å². The Balaban J connectivity index is 1.70. The molecular formula is C21H20FN3O2. The summed E-state index contributed by atoms with van der Waals surface area (Å²) in [6.07, 6.45) is -0.264. The Morgan fingerprint density at radius 3 is 2.59 bits per heavy atom. The quantitative estimate of drug-likeness (QED) is 0.756. The molecule has 1 aliphatic heterocycles. The molecule has 1 N–H and O–H groups in total. The molecule has 1 fully saturated rings. The number of likely N-dealkylation sites (tertiary alicyclic amines) is 1. The van der Waals surface area contributed by atoms with E-state index in [2.05, 4.69) is 9.97 Å². The van der Waals surface area contributed by atoms with Gasteiger partial charge in [-0.15, -0.1) is 0 Å². The van der Waals surface area contributed by atoms with Gasteiger partial charge in [-0.1, -0.05) is 12.1 Å². The zero-order valence-corrected chi connectivity index (χ0v) is 15.2. The van der Waals surface area contributed by atoms with Crippen LogP contribution in [0.5, 0.6) is 0 Å². The number of carbonyl (C=O) groups is 1. The third kappa shape index (κ3) is 3.17. The largest absolute Gasteiger partial charge is 0.391 e. The van der Waals surface area contributed by atoms with Gasteiger partial charge in [0.25, 0.3) is 5.91 Å². The molecule has 6 heteroatoms. The van der Waals surface area contributed by atoms with Crippen LogP contribution in [0.3, 0.4) is 0 Å². The summed E-state index contributed by atoms with van der Waals surface area (Å²) in [4.78, 5) is 23.7. The van der Waals surface area contributed by atoms with E-state index in [1.165, 1.54) is 12.1 Å². The highest BCUT2D eigenvalue weighted by Gasteiger charge is 2.37. The third-order valence-corrected chi connectivity index (χ3v) is 5.14. The fourth-order valence-electron chi connectivity index (χ4n) is 3.63. The first kappa shape index (κ1) is 17.5. The Hall–Kier alpha value is -2.86. The fourth-order valence-corrected chi connectivity index (χ4v) is 3.63. The van der Waals surface area contributed by atoms with Crippen molar-refractivity contribution in [3.63, 3.8) is 0 Å². The van der Waals surface area contributed by atoms with E-state index < -0.39 is 12.1 Å². The summed E-state index contributed by atoms with van der Waals surface area (Å²) in [5, 5.41) is 10.4. The number of aliphatic hydroxyl groups is 1. The van der Waals surface area contributed by atoms with Crippen molar-refractivity contribution in [2.24, 2.45) is 0 Å². The molecule has 27 heavy (non-hydrogen) atoms. The maximum Gasteiger partial charge on any atom is 0.254 e. The van der Waals surface area contributed by atoms with E-state index in [0.717, 1.165) is 16.9 Å². The molecular weight excluding hydrogens is 345 g/mol. The van der Waals surface area contributed by atoms with Crippen LogP contribution in [0.15, 0.2) is 42.5 Å². The van der Waals surface area contributed by atoms with Gasteiger partial charge in [-0.2, -0.15) is 0 Å². The van der Waals surface area contributed by atoms with Crippen molar-refractivity contribution in [3.8, 4) is 0 Å². The van der Waals surface area contributed by atoms with Crippen LogP contribution in [-0.2, 0) is 0 Å². The van der Waals surface area contributed by atoms with E-state index in [0.29, 0.717) is 29.6 Å².